The normalized spacial score (nSPS) is 9.59. The van der Waals surface area contributed by atoms with E-state index in [1.54, 1.807) is 24.0 Å². The summed E-state index contributed by atoms with van der Waals surface area (Å²) in [5, 5.41) is 22.0. The van der Waals surface area contributed by atoms with Crippen LogP contribution in [0.25, 0.3) is 0 Å². The Hall–Kier alpha value is -2.59. The Labute approximate surface area is 99.3 Å². The highest BCUT2D eigenvalue weighted by atomic mass is 15.3. The molecule has 0 atom stereocenters. The standard InChI is InChI=1S/C13H10N4/c1-17-13(12(8-15)9-16-17)6-10-4-2-3-5-11(10)7-14/h2-5,9H,6H2,1H3. The Balaban J connectivity index is 2.42. The van der Waals surface area contributed by atoms with Gasteiger partial charge in [0.1, 0.15) is 6.07 Å². The summed E-state index contributed by atoms with van der Waals surface area (Å²) in [6.07, 6.45) is 2.09. The molecule has 1 aromatic carbocycles. The molecule has 4 heteroatoms. The van der Waals surface area contributed by atoms with Crippen molar-refractivity contribution in [1.29, 1.82) is 10.5 Å². The molecule has 2 rings (SSSR count). The van der Waals surface area contributed by atoms with Gasteiger partial charge in [0.05, 0.1) is 29.1 Å². The van der Waals surface area contributed by atoms with E-state index in [1.165, 1.54) is 0 Å². The monoisotopic (exact) mass is 222 g/mol. The van der Waals surface area contributed by atoms with Gasteiger partial charge in [-0.05, 0) is 11.6 Å². The van der Waals surface area contributed by atoms with Crippen molar-refractivity contribution in [3.63, 3.8) is 0 Å². The molecule has 0 saturated carbocycles. The van der Waals surface area contributed by atoms with Gasteiger partial charge in [-0.15, -0.1) is 0 Å². The maximum atomic E-state index is 9.01. The minimum absolute atomic E-state index is 0.545. The van der Waals surface area contributed by atoms with Crippen LogP contribution < -0.4 is 0 Å². The molecule has 0 saturated heterocycles. The first-order chi connectivity index (χ1) is 8.26. The maximum absolute atomic E-state index is 9.01. The van der Waals surface area contributed by atoms with Crippen LogP contribution in [0.15, 0.2) is 30.5 Å². The van der Waals surface area contributed by atoms with Crippen molar-refractivity contribution < 1.29 is 0 Å². The molecule has 1 heterocycles. The van der Waals surface area contributed by atoms with Crippen LogP contribution in [0.1, 0.15) is 22.4 Å². The molecular weight excluding hydrogens is 212 g/mol. The second kappa shape index (κ2) is 4.51. The zero-order chi connectivity index (χ0) is 12.3. The Kier molecular flexibility index (Phi) is 2.89. The molecule has 1 aromatic heterocycles. The van der Waals surface area contributed by atoms with E-state index < -0.39 is 0 Å². The number of hydrogen-bond donors (Lipinski definition) is 0. The van der Waals surface area contributed by atoms with E-state index in [1.807, 2.05) is 18.2 Å². The largest absolute Gasteiger partial charge is 0.271 e. The molecule has 0 fully saturated rings. The zero-order valence-electron chi connectivity index (χ0n) is 9.38. The van der Waals surface area contributed by atoms with Crippen molar-refractivity contribution in [3.05, 3.63) is 52.8 Å². The van der Waals surface area contributed by atoms with Gasteiger partial charge in [0.15, 0.2) is 0 Å². The van der Waals surface area contributed by atoms with Crippen molar-refractivity contribution in [3.8, 4) is 12.1 Å². The number of aromatic nitrogens is 2. The van der Waals surface area contributed by atoms with Gasteiger partial charge >= 0.3 is 0 Å². The van der Waals surface area contributed by atoms with Crippen LogP contribution in [-0.4, -0.2) is 9.78 Å². The van der Waals surface area contributed by atoms with Gasteiger partial charge in [-0.25, -0.2) is 0 Å². The van der Waals surface area contributed by atoms with Gasteiger partial charge in [-0.1, -0.05) is 18.2 Å². The number of hydrogen-bond acceptors (Lipinski definition) is 3. The average Bonchev–Trinajstić information content (AvgIpc) is 2.71. The van der Waals surface area contributed by atoms with E-state index >= 15 is 0 Å². The molecule has 0 amide bonds. The van der Waals surface area contributed by atoms with Gasteiger partial charge in [-0.2, -0.15) is 15.6 Å². The SMILES string of the molecule is Cn1ncc(C#N)c1Cc1ccccc1C#N. The topological polar surface area (TPSA) is 65.4 Å². The van der Waals surface area contributed by atoms with Gasteiger partial charge < -0.3 is 0 Å². The van der Waals surface area contributed by atoms with Crippen LogP contribution in [0.4, 0.5) is 0 Å². The summed E-state index contributed by atoms with van der Waals surface area (Å²) in [7, 11) is 1.80. The summed E-state index contributed by atoms with van der Waals surface area (Å²) in [5.41, 5.74) is 2.93. The number of aryl methyl sites for hydroxylation is 1. The molecule has 0 aliphatic heterocycles. The molecule has 0 unspecified atom stereocenters. The number of nitriles is 2. The summed E-state index contributed by atoms with van der Waals surface area (Å²) in [4.78, 5) is 0. The van der Waals surface area contributed by atoms with Crippen LogP contribution in [0.5, 0.6) is 0 Å². The third-order valence-electron chi connectivity index (χ3n) is 2.68. The highest BCUT2D eigenvalue weighted by molar-refractivity contribution is 5.42. The van der Waals surface area contributed by atoms with Gasteiger partial charge in [-0.3, -0.25) is 4.68 Å². The Morgan fingerprint density at radius 3 is 2.59 bits per heavy atom. The lowest BCUT2D eigenvalue weighted by Crippen LogP contribution is -2.02. The minimum atomic E-state index is 0.545. The lowest BCUT2D eigenvalue weighted by Gasteiger charge is -2.04. The van der Waals surface area contributed by atoms with Gasteiger partial charge in [0, 0.05) is 13.5 Å². The Morgan fingerprint density at radius 2 is 1.88 bits per heavy atom. The predicted octanol–water partition coefficient (Wildman–Crippen LogP) is 1.75. The van der Waals surface area contributed by atoms with E-state index in [0.29, 0.717) is 17.5 Å². The molecule has 82 valence electrons. The van der Waals surface area contributed by atoms with Crippen molar-refractivity contribution in [2.75, 3.05) is 0 Å². The quantitative estimate of drug-likeness (QED) is 0.777. The molecule has 0 spiro atoms. The summed E-state index contributed by atoms with van der Waals surface area (Å²) in [5.74, 6) is 0. The van der Waals surface area contributed by atoms with Crippen LogP contribution in [0, 0.1) is 22.7 Å². The van der Waals surface area contributed by atoms with Crippen molar-refractivity contribution in [2.24, 2.45) is 7.05 Å². The first-order valence-electron chi connectivity index (χ1n) is 5.15. The fourth-order valence-corrected chi connectivity index (χ4v) is 1.73. The average molecular weight is 222 g/mol. The first kappa shape index (κ1) is 10.9. The van der Waals surface area contributed by atoms with Crippen LogP contribution in [0.3, 0.4) is 0 Å². The van der Waals surface area contributed by atoms with Crippen LogP contribution in [0.2, 0.25) is 0 Å². The molecular formula is C13H10N4. The fraction of sp³-hybridized carbons (Fsp3) is 0.154. The molecule has 4 nitrogen and oxygen atoms in total. The van der Waals surface area contributed by atoms with E-state index in [-0.39, 0.29) is 0 Å². The van der Waals surface area contributed by atoms with E-state index in [0.717, 1.165) is 11.3 Å². The van der Waals surface area contributed by atoms with Gasteiger partial charge in [0.2, 0.25) is 0 Å². The minimum Gasteiger partial charge on any atom is -0.271 e. The highest BCUT2D eigenvalue weighted by Gasteiger charge is 2.10. The highest BCUT2D eigenvalue weighted by Crippen LogP contribution is 2.15. The third-order valence-corrected chi connectivity index (χ3v) is 2.68. The van der Waals surface area contributed by atoms with Gasteiger partial charge in [0.25, 0.3) is 0 Å². The second-order valence-corrected chi connectivity index (χ2v) is 3.69. The summed E-state index contributed by atoms with van der Waals surface area (Å²) < 4.78 is 1.67. The van der Waals surface area contributed by atoms with E-state index in [2.05, 4.69) is 17.2 Å². The van der Waals surface area contributed by atoms with Crippen LogP contribution >= 0.6 is 0 Å². The summed E-state index contributed by atoms with van der Waals surface area (Å²) in [6, 6.07) is 11.6. The molecule has 2 aromatic rings. The molecule has 17 heavy (non-hydrogen) atoms. The lowest BCUT2D eigenvalue weighted by atomic mass is 10.0. The number of nitrogens with zero attached hydrogens (tertiary/aromatic N) is 4. The fourth-order valence-electron chi connectivity index (χ4n) is 1.73. The Bertz CT molecular complexity index is 626. The Morgan fingerprint density at radius 1 is 1.18 bits per heavy atom. The van der Waals surface area contributed by atoms with Crippen molar-refractivity contribution in [2.45, 2.75) is 6.42 Å². The number of benzene rings is 1. The molecule has 0 bridgehead atoms. The predicted molar refractivity (Wildman–Crippen MR) is 61.9 cm³/mol. The molecule has 0 radical (unpaired) electrons. The molecule has 0 N–H and O–H groups in total. The van der Waals surface area contributed by atoms with Crippen molar-refractivity contribution >= 4 is 0 Å². The maximum Gasteiger partial charge on any atom is 0.103 e. The smallest absolute Gasteiger partial charge is 0.103 e. The lowest BCUT2D eigenvalue weighted by molar-refractivity contribution is 0.723. The zero-order valence-corrected chi connectivity index (χ0v) is 9.38. The molecule has 0 aliphatic rings. The summed E-state index contributed by atoms with van der Waals surface area (Å²) in [6.45, 7) is 0. The van der Waals surface area contributed by atoms with Crippen LogP contribution in [-0.2, 0) is 13.5 Å². The summed E-state index contributed by atoms with van der Waals surface area (Å²) >= 11 is 0. The first-order valence-corrected chi connectivity index (χ1v) is 5.15. The second-order valence-electron chi connectivity index (χ2n) is 3.69. The van der Waals surface area contributed by atoms with Crippen molar-refractivity contribution in [1.82, 2.24) is 9.78 Å². The third kappa shape index (κ3) is 2.02. The van der Waals surface area contributed by atoms with E-state index in [9.17, 15) is 0 Å². The molecule has 0 aliphatic carbocycles. The number of rotatable bonds is 2. The van der Waals surface area contributed by atoms with E-state index in [4.69, 9.17) is 10.5 Å².